The summed E-state index contributed by atoms with van der Waals surface area (Å²) in [5.41, 5.74) is -0.736. The number of amides is 3. The predicted octanol–water partition coefficient (Wildman–Crippen LogP) is 2.50. The van der Waals surface area contributed by atoms with Gasteiger partial charge in [0.05, 0.1) is 0 Å². The summed E-state index contributed by atoms with van der Waals surface area (Å²) in [5.74, 6) is -2.47. The van der Waals surface area contributed by atoms with Gasteiger partial charge in [-0.3, -0.25) is 14.4 Å². The molecule has 8 heteroatoms. The molecule has 1 heterocycles. The van der Waals surface area contributed by atoms with E-state index in [4.69, 9.17) is 4.84 Å². The number of nitrogens with one attached hydrogen (secondary N) is 1. The van der Waals surface area contributed by atoms with Crippen LogP contribution in [0.15, 0.2) is 11.6 Å². The van der Waals surface area contributed by atoms with Gasteiger partial charge in [-0.05, 0) is 38.5 Å². The van der Waals surface area contributed by atoms with Crippen LogP contribution in [0.1, 0.15) is 70.6 Å². The summed E-state index contributed by atoms with van der Waals surface area (Å²) in [4.78, 5) is 51.6. The highest BCUT2D eigenvalue weighted by atomic mass is 19.1. The quantitative estimate of drug-likeness (QED) is 0.388. The number of alkyl halides is 1. The molecule has 0 aromatic carbocycles. The molecule has 7 nitrogen and oxygen atoms in total. The molecule has 0 bridgehead atoms. The van der Waals surface area contributed by atoms with Gasteiger partial charge in [0.2, 0.25) is 0 Å². The SMILES string of the molecule is O=C(CCCCCNC(=O)C1(F)CCCCCC2=CC21)ON1C(=O)CCC1=O. The first-order valence-corrected chi connectivity index (χ1v) is 10.2. The number of hydroxylamine groups is 2. The Labute approximate surface area is 163 Å². The molecule has 2 atom stereocenters. The normalized spacial score (nSPS) is 26.8. The number of hydrogen-bond acceptors (Lipinski definition) is 5. The highest BCUT2D eigenvalue weighted by Gasteiger charge is 2.51. The number of hydrogen-bond donors (Lipinski definition) is 1. The number of carbonyl (C=O) groups excluding carboxylic acids is 4. The summed E-state index contributed by atoms with van der Waals surface area (Å²) in [6.07, 6.45) is 7.77. The van der Waals surface area contributed by atoms with Crippen molar-refractivity contribution in [1.29, 1.82) is 0 Å². The molecule has 1 aliphatic heterocycles. The first-order valence-electron chi connectivity index (χ1n) is 10.2. The number of fused-ring (bicyclic) bond motifs is 1. The molecule has 0 aromatic heterocycles. The third-order valence-electron chi connectivity index (χ3n) is 5.59. The van der Waals surface area contributed by atoms with Crippen LogP contribution in [-0.2, 0) is 24.0 Å². The number of imide groups is 1. The number of carbonyl (C=O) groups is 4. The minimum Gasteiger partial charge on any atom is -0.353 e. The molecule has 3 rings (SSSR count). The van der Waals surface area contributed by atoms with Gasteiger partial charge in [-0.25, -0.2) is 9.18 Å². The van der Waals surface area contributed by atoms with Gasteiger partial charge in [0.15, 0.2) is 5.67 Å². The lowest BCUT2D eigenvalue weighted by molar-refractivity contribution is -0.197. The molecule has 3 aliphatic rings. The minimum atomic E-state index is -1.81. The first kappa shape index (κ1) is 20.5. The maximum atomic E-state index is 15.2. The molecule has 1 saturated heterocycles. The zero-order valence-electron chi connectivity index (χ0n) is 16.0. The highest BCUT2D eigenvalue weighted by molar-refractivity contribution is 6.01. The van der Waals surface area contributed by atoms with Crippen molar-refractivity contribution in [3.05, 3.63) is 11.6 Å². The van der Waals surface area contributed by atoms with Gasteiger partial charge in [-0.15, -0.1) is 5.06 Å². The lowest BCUT2D eigenvalue weighted by Gasteiger charge is -2.27. The van der Waals surface area contributed by atoms with Crippen LogP contribution in [-0.4, -0.2) is 41.0 Å². The maximum absolute atomic E-state index is 15.2. The van der Waals surface area contributed by atoms with Gasteiger partial charge in [-0.1, -0.05) is 24.5 Å². The second-order valence-corrected chi connectivity index (χ2v) is 7.75. The Morgan fingerprint density at radius 2 is 1.86 bits per heavy atom. The van der Waals surface area contributed by atoms with Crippen LogP contribution >= 0.6 is 0 Å². The Morgan fingerprint density at radius 3 is 2.61 bits per heavy atom. The zero-order chi connectivity index (χ0) is 20.1. The van der Waals surface area contributed by atoms with Crippen molar-refractivity contribution in [1.82, 2.24) is 10.4 Å². The Kier molecular flexibility index (Phi) is 6.46. The molecule has 0 aromatic rings. The third-order valence-corrected chi connectivity index (χ3v) is 5.59. The summed E-state index contributed by atoms with van der Waals surface area (Å²) in [6.45, 7) is 0.352. The molecule has 0 radical (unpaired) electrons. The van der Waals surface area contributed by atoms with Crippen LogP contribution < -0.4 is 5.32 Å². The van der Waals surface area contributed by atoms with E-state index in [0.717, 1.165) is 31.3 Å². The highest BCUT2D eigenvalue weighted by Crippen LogP contribution is 2.48. The average molecular weight is 394 g/mol. The van der Waals surface area contributed by atoms with Gasteiger partial charge < -0.3 is 10.2 Å². The van der Waals surface area contributed by atoms with Crippen LogP contribution in [0.3, 0.4) is 0 Å². The fourth-order valence-corrected chi connectivity index (χ4v) is 3.85. The van der Waals surface area contributed by atoms with Crippen molar-refractivity contribution in [3.63, 3.8) is 0 Å². The molecule has 154 valence electrons. The number of unbranched alkanes of at least 4 members (excludes halogenated alkanes) is 2. The molecule has 2 fully saturated rings. The second kappa shape index (κ2) is 8.84. The van der Waals surface area contributed by atoms with E-state index in [-0.39, 0.29) is 31.6 Å². The molecule has 1 N–H and O–H groups in total. The topological polar surface area (TPSA) is 92.8 Å². The van der Waals surface area contributed by atoms with Crippen LogP contribution in [0, 0.1) is 5.92 Å². The van der Waals surface area contributed by atoms with E-state index in [1.165, 1.54) is 0 Å². The van der Waals surface area contributed by atoms with E-state index >= 15 is 4.39 Å². The van der Waals surface area contributed by atoms with Crippen LogP contribution in [0.4, 0.5) is 4.39 Å². The molecule has 2 unspecified atom stereocenters. The Bertz CT molecular complexity index is 676. The summed E-state index contributed by atoms with van der Waals surface area (Å²) in [7, 11) is 0. The zero-order valence-corrected chi connectivity index (χ0v) is 16.0. The maximum Gasteiger partial charge on any atom is 0.333 e. The van der Waals surface area contributed by atoms with E-state index in [2.05, 4.69) is 5.32 Å². The lowest BCUT2D eigenvalue weighted by Crippen LogP contribution is -2.46. The lowest BCUT2D eigenvalue weighted by atomic mass is 9.86. The van der Waals surface area contributed by atoms with Crippen molar-refractivity contribution in [2.45, 2.75) is 76.3 Å². The smallest absolute Gasteiger partial charge is 0.333 e. The van der Waals surface area contributed by atoms with E-state index in [1.807, 2.05) is 6.08 Å². The van der Waals surface area contributed by atoms with E-state index in [1.54, 1.807) is 0 Å². The van der Waals surface area contributed by atoms with Gasteiger partial charge in [0.1, 0.15) is 0 Å². The number of allylic oxidation sites excluding steroid dienone is 2. The predicted molar refractivity (Wildman–Crippen MR) is 97.2 cm³/mol. The molecule has 3 amide bonds. The monoisotopic (exact) mass is 394 g/mol. The van der Waals surface area contributed by atoms with Crippen molar-refractivity contribution < 1.29 is 28.4 Å². The van der Waals surface area contributed by atoms with Crippen molar-refractivity contribution in [3.8, 4) is 0 Å². The van der Waals surface area contributed by atoms with Gasteiger partial charge in [-0.2, -0.15) is 0 Å². The fraction of sp³-hybridized carbons (Fsp3) is 0.700. The summed E-state index contributed by atoms with van der Waals surface area (Å²) >= 11 is 0. The summed E-state index contributed by atoms with van der Waals surface area (Å²) < 4.78 is 15.2. The molecular weight excluding hydrogens is 367 g/mol. The van der Waals surface area contributed by atoms with E-state index in [9.17, 15) is 19.2 Å². The van der Waals surface area contributed by atoms with Crippen molar-refractivity contribution in [2.75, 3.05) is 6.54 Å². The standard InChI is InChI=1S/C20H27FN2O5/c21-20(11-5-1-3-7-14-13-15(14)20)19(27)22-12-6-2-4-8-18(26)28-23-16(24)9-10-17(23)25/h13,15H,1-12H2,(H,22,27). The molecule has 28 heavy (non-hydrogen) atoms. The summed E-state index contributed by atoms with van der Waals surface area (Å²) in [5, 5.41) is 3.24. The van der Waals surface area contributed by atoms with Crippen LogP contribution in [0.5, 0.6) is 0 Å². The van der Waals surface area contributed by atoms with Crippen LogP contribution in [0.2, 0.25) is 0 Å². The van der Waals surface area contributed by atoms with Crippen LogP contribution in [0.25, 0.3) is 0 Å². The third kappa shape index (κ3) is 4.77. The molecule has 0 spiro atoms. The van der Waals surface area contributed by atoms with E-state index < -0.39 is 29.4 Å². The van der Waals surface area contributed by atoms with Crippen molar-refractivity contribution >= 4 is 23.7 Å². The van der Waals surface area contributed by atoms with Crippen molar-refractivity contribution in [2.24, 2.45) is 5.92 Å². The van der Waals surface area contributed by atoms with Gasteiger partial charge >= 0.3 is 5.97 Å². The average Bonchev–Trinajstić information content (AvgIpc) is 3.37. The second-order valence-electron chi connectivity index (χ2n) is 7.75. The minimum absolute atomic E-state index is 0.0692. The van der Waals surface area contributed by atoms with Gasteiger partial charge in [0.25, 0.3) is 17.7 Å². The molecular formula is C20H27FN2O5. The molecule has 2 aliphatic carbocycles. The number of nitrogens with zero attached hydrogens (tertiary/aromatic N) is 1. The fourth-order valence-electron chi connectivity index (χ4n) is 3.85. The summed E-state index contributed by atoms with van der Waals surface area (Å²) in [6, 6.07) is 0. The Morgan fingerprint density at radius 1 is 1.11 bits per heavy atom. The largest absolute Gasteiger partial charge is 0.353 e. The van der Waals surface area contributed by atoms with E-state index in [0.29, 0.717) is 30.9 Å². The Balaban J connectivity index is 1.29. The first-order chi connectivity index (χ1) is 13.4. The molecule has 1 saturated carbocycles. The number of rotatable bonds is 8. The van der Waals surface area contributed by atoms with Gasteiger partial charge in [0, 0.05) is 31.7 Å². The Hall–Kier alpha value is -2.25. The number of halogens is 1.